The van der Waals surface area contributed by atoms with E-state index >= 15 is 0 Å². The highest BCUT2D eigenvalue weighted by Gasteiger charge is 2.49. The lowest BCUT2D eigenvalue weighted by atomic mass is 9.91. The normalized spacial score (nSPS) is 30.4. The Labute approximate surface area is 198 Å². The van der Waals surface area contributed by atoms with Crippen molar-refractivity contribution in [3.05, 3.63) is 30.3 Å². The molecule has 0 saturated carbocycles. The van der Waals surface area contributed by atoms with Gasteiger partial charge in [0.05, 0.1) is 41.7 Å². The summed E-state index contributed by atoms with van der Waals surface area (Å²) in [5, 5.41) is 0. The van der Waals surface area contributed by atoms with Gasteiger partial charge in [-0.15, -0.1) is 0 Å². The molecule has 2 aliphatic rings. The number of rotatable bonds is 11. The SMILES string of the molecule is CC[C@@H](C)CC(=O)C[C@@H]1O[C@H](C[C@H]2COC(C)(C)O2)[C@H](OC)[C@H]1CS(=O)(=O)c1ccccc1. The first-order valence-electron chi connectivity index (χ1n) is 11.8. The van der Waals surface area contributed by atoms with Gasteiger partial charge in [-0.2, -0.15) is 0 Å². The van der Waals surface area contributed by atoms with Crippen LogP contribution >= 0.6 is 0 Å². The average Bonchev–Trinajstić information content (AvgIpc) is 3.26. The second-order valence-corrected chi connectivity index (χ2v) is 11.9. The van der Waals surface area contributed by atoms with Crippen molar-refractivity contribution >= 4 is 15.6 Å². The van der Waals surface area contributed by atoms with Crippen LogP contribution in [-0.2, 0) is 33.6 Å². The minimum Gasteiger partial charge on any atom is -0.378 e. The molecule has 0 bridgehead atoms. The molecule has 0 radical (unpaired) electrons. The van der Waals surface area contributed by atoms with E-state index in [0.29, 0.717) is 19.4 Å². The second kappa shape index (κ2) is 11.0. The van der Waals surface area contributed by atoms with Gasteiger partial charge in [-0.1, -0.05) is 38.5 Å². The molecule has 1 aromatic rings. The van der Waals surface area contributed by atoms with Crippen LogP contribution in [0, 0.1) is 11.8 Å². The summed E-state index contributed by atoms with van der Waals surface area (Å²) in [6, 6.07) is 8.40. The van der Waals surface area contributed by atoms with Crippen LogP contribution in [0.4, 0.5) is 0 Å². The van der Waals surface area contributed by atoms with Crippen molar-refractivity contribution < 1.29 is 32.2 Å². The summed E-state index contributed by atoms with van der Waals surface area (Å²) in [6.07, 6.45) is 0.537. The lowest BCUT2D eigenvalue weighted by Gasteiger charge is -2.24. The summed E-state index contributed by atoms with van der Waals surface area (Å²) in [6.45, 7) is 8.27. The van der Waals surface area contributed by atoms with E-state index < -0.39 is 33.8 Å². The van der Waals surface area contributed by atoms with E-state index in [2.05, 4.69) is 6.92 Å². The first-order chi connectivity index (χ1) is 15.5. The maximum Gasteiger partial charge on any atom is 0.178 e. The third-order valence-electron chi connectivity index (χ3n) is 6.67. The summed E-state index contributed by atoms with van der Waals surface area (Å²) in [7, 11) is -2.01. The molecule has 6 atom stereocenters. The number of ketones is 1. The van der Waals surface area contributed by atoms with Gasteiger partial charge >= 0.3 is 0 Å². The maximum absolute atomic E-state index is 13.2. The molecule has 2 aliphatic heterocycles. The van der Waals surface area contributed by atoms with Crippen LogP contribution in [0.15, 0.2) is 35.2 Å². The molecule has 0 aromatic heterocycles. The fourth-order valence-electron chi connectivity index (χ4n) is 4.76. The number of carbonyl (C=O) groups is 1. The van der Waals surface area contributed by atoms with Gasteiger partial charge < -0.3 is 18.9 Å². The molecule has 1 aromatic carbocycles. The number of carbonyl (C=O) groups excluding carboxylic acids is 1. The minimum atomic E-state index is -3.58. The second-order valence-electron chi connectivity index (χ2n) is 9.82. The molecule has 2 saturated heterocycles. The Bertz CT molecular complexity index is 883. The van der Waals surface area contributed by atoms with Gasteiger partial charge in [-0.25, -0.2) is 8.42 Å². The zero-order valence-electron chi connectivity index (χ0n) is 20.4. The molecular formula is C25H38O7S. The minimum absolute atomic E-state index is 0.0912. The Morgan fingerprint density at radius 1 is 1.21 bits per heavy atom. The fraction of sp³-hybridized carbons (Fsp3) is 0.720. The number of Topliss-reactive ketones (excluding diaryl/α,β-unsaturated/α-hetero) is 1. The standard InChI is InChI=1S/C25H38O7S/c1-6-17(2)12-18(26)13-22-21(16-33(27,28)20-10-8-7-9-11-20)24(29-5)23(31-22)14-19-15-30-25(3,4)32-19/h7-11,17,19,21-24H,6,12-16H2,1-5H3/t17-,19+,21+,22+,23-,24-/m1/s1. The van der Waals surface area contributed by atoms with Crippen LogP contribution in [0.25, 0.3) is 0 Å². The first-order valence-corrected chi connectivity index (χ1v) is 13.5. The molecule has 2 heterocycles. The number of benzene rings is 1. The van der Waals surface area contributed by atoms with Gasteiger partial charge in [0.2, 0.25) is 0 Å². The van der Waals surface area contributed by atoms with E-state index in [1.165, 1.54) is 0 Å². The van der Waals surface area contributed by atoms with Gasteiger partial charge in [-0.05, 0) is 31.9 Å². The molecule has 3 rings (SSSR count). The Morgan fingerprint density at radius 2 is 1.91 bits per heavy atom. The van der Waals surface area contributed by atoms with E-state index in [-0.39, 0.29) is 41.0 Å². The quantitative estimate of drug-likeness (QED) is 0.474. The molecular weight excluding hydrogens is 444 g/mol. The molecule has 0 amide bonds. The van der Waals surface area contributed by atoms with Gasteiger partial charge in [0, 0.05) is 32.3 Å². The smallest absolute Gasteiger partial charge is 0.178 e. The Hall–Kier alpha value is -1.32. The van der Waals surface area contributed by atoms with Crippen LogP contribution < -0.4 is 0 Å². The molecule has 8 heteroatoms. The molecule has 7 nitrogen and oxygen atoms in total. The van der Waals surface area contributed by atoms with Gasteiger partial charge in [0.25, 0.3) is 0 Å². The number of sulfone groups is 1. The van der Waals surface area contributed by atoms with Crippen LogP contribution in [0.1, 0.15) is 53.4 Å². The van der Waals surface area contributed by atoms with E-state index in [0.717, 1.165) is 6.42 Å². The summed E-state index contributed by atoms with van der Waals surface area (Å²) >= 11 is 0. The lowest BCUT2D eigenvalue weighted by molar-refractivity contribution is -0.144. The fourth-order valence-corrected chi connectivity index (χ4v) is 6.44. The van der Waals surface area contributed by atoms with Crippen LogP contribution in [0.2, 0.25) is 0 Å². The summed E-state index contributed by atoms with van der Waals surface area (Å²) in [5.74, 6) is -0.880. The topological polar surface area (TPSA) is 88.1 Å². The zero-order chi connectivity index (χ0) is 24.2. The van der Waals surface area contributed by atoms with Gasteiger partial charge in [0.1, 0.15) is 5.78 Å². The average molecular weight is 483 g/mol. The molecule has 2 fully saturated rings. The first kappa shape index (κ1) is 26.3. The molecule has 186 valence electrons. The number of methoxy groups -OCH3 is 1. The Kier molecular flexibility index (Phi) is 8.72. The molecule has 33 heavy (non-hydrogen) atoms. The van der Waals surface area contributed by atoms with Crippen LogP contribution in [0.5, 0.6) is 0 Å². The zero-order valence-corrected chi connectivity index (χ0v) is 21.2. The predicted octanol–water partition coefficient (Wildman–Crippen LogP) is 3.80. The third kappa shape index (κ3) is 6.85. The van der Waals surface area contributed by atoms with Crippen molar-refractivity contribution in [3.8, 4) is 0 Å². The highest BCUT2D eigenvalue weighted by atomic mass is 32.2. The predicted molar refractivity (Wildman–Crippen MR) is 125 cm³/mol. The van der Waals surface area contributed by atoms with E-state index in [1.54, 1.807) is 37.4 Å². The number of hydrogen-bond donors (Lipinski definition) is 0. The van der Waals surface area contributed by atoms with Crippen molar-refractivity contribution in [2.75, 3.05) is 19.5 Å². The van der Waals surface area contributed by atoms with E-state index in [4.69, 9.17) is 18.9 Å². The highest BCUT2D eigenvalue weighted by molar-refractivity contribution is 7.91. The Morgan fingerprint density at radius 3 is 2.48 bits per heavy atom. The number of hydrogen-bond acceptors (Lipinski definition) is 7. The van der Waals surface area contributed by atoms with Crippen molar-refractivity contribution in [3.63, 3.8) is 0 Å². The molecule has 0 unspecified atom stereocenters. The van der Waals surface area contributed by atoms with Crippen molar-refractivity contribution in [1.82, 2.24) is 0 Å². The third-order valence-corrected chi connectivity index (χ3v) is 8.48. The van der Waals surface area contributed by atoms with E-state index in [1.807, 2.05) is 20.8 Å². The monoisotopic (exact) mass is 482 g/mol. The molecule has 0 spiro atoms. The highest BCUT2D eigenvalue weighted by Crippen LogP contribution is 2.38. The Balaban J connectivity index is 1.80. The van der Waals surface area contributed by atoms with Crippen molar-refractivity contribution in [2.45, 2.75) is 88.5 Å². The van der Waals surface area contributed by atoms with Crippen LogP contribution in [0.3, 0.4) is 0 Å². The lowest BCUT2D eigenvalue weighted by Crippen LogP contribution is -2.37. The molecule has 0 aliphatic carbocycles. The maximum atomic E-state index is 13.2. The van der Waals surface area contributed by atoms with Crippen LogP contribution in [-0.4, -0.2) is 63.9 Å². The largest absolute Gasteiger partial charge is 0.378 e. The van der Waals surface area contributed by atoms with E-state index in [9.17, 15) is 13.2 Å². The summed E-state index contributed by atoms with van der Waals surface area (Å²) in [5.41, 5.74) is 0. The summed E-state index contributed by atoms with van der Waals surface area (Å²) < 4.78 is 50.2. The van der Waals surface area contributed by atoms with Gasteiger partial charge in [-0.3, -0.25) is 4.79 Å². The van der Waals surface area contributed by atoms with Crippen molar-refractivity contribution in [1.29, 1.82) is 0 Å². The summed E-state index contributed by atoms with van der Waals surface area (Å²) in [4.78, 5) is 13.0. The van der Waals surface area contributed by atoms with Gasteiger partial charge in [0.15, 0.2) is 15.6 Å². The number of ether oxygens (including phenoxy) is 4. The van der Waals surface area contributed by atoms with Crippen molar-refractivity contribution in [2.24, 2.45) is 11.8 Å². The molecule has 0 N–H and O–H groups in total.